The Balaban J connectivity index is 1.40. The summed E-state index contributed by atoms with van der Waals surface area (Å²) in [5.74, 6) is 2.42. The highest BCUT2D eigenvalue weighted by atomic mass is 32.1. The van der Waals surface area contributed by atoms with Gasteiger partial charge in [-0.3, -0.25) is 4.79 Å². The number of nitrogens with zero attached hydrogens (tertiary/aromatic N) is 5. The molecule has 0 bridgehead atoms. The normalized spacial score (nSPS) is 16.0. The Morgan fingerprint density at radius 1 is 1.45 bits per heavy atom. The monoisotopic (exact) mass is 320 g/mol. The molecule has 0 saturated carbocycles. The fourth-order valence-corrected chi connectivity index (χ4v) is 3.14. The molecule has 0 radical (unpaired) electrons. The topological polar surface area (TPSA) is 75.9 Å². The smallest absolute Gasteiger partial charge is 0.239 e. The highest BCUT2D eigenvalue weighted by Gasteiger charge is 2.21. The second kappa shape index (κ2) is 6.87. The summed E-state index contributed by atoms with van der Waals surface area (Å²) >= 11 is 1.24. The van der Waals surface area contributed by atoms with Gasteiger partial charge in [0.05, 0.1) is 17.9 Å². The van der Waals surface area contributed by atoms with E-state index >= 15 is 0 Å². The average molecular weight is 320 g/mol. The SMILES string of the molecule is Cc1nccn1CC(=O)NCC1CCN(c2cnsn2)CC1. The zero-order valence-corrected chi connectivity index (χ0v) is 13.4. The molecule has 3 rings (SSSR count). The number of amides is 1. The van der Waals surface area contributed by atoms with Crippen LogP contribution in [0.25, 0.3) is 0 Å². The lowest BCUT2D eigenvalue weighted by Crippen LogP contribution is -2.39. The lowest BCUT2D eigenvalue weighted by molar-refractivity contribution is -0.121. The van der Waals surface area contributed by atoms with E-state index in [4.69, 9.17) is 0 Å². The van der Waals surface area contributed by atoms with Gasteiger partial charge >= 0.3 is 0 Å². The van der Waals surface area contributed by atoms with Gasteiger partial charge in [0.2, 0.25) is 5.91 Å². The van der Waals surface area contributed by atoms with E-state index in [-0.39, 0.29) is 5.91 Å². The fourth-order valence-electron chi connectivity index (χ4n) is 2.70. The van der Waals surface area contributed by atoms with E-state index in [1.807, 2.05) is 23.9 Å². The maximum Gasteiger partial charge on any atom is 0.239 e. The molecule has 1 amide bonds. The Labute approximate surface area is 133 Å². The summed E-state index contributed by atoms with van der Waals surface area (Å²) in [6.45, 7) is 4.94. The number of imidazole rings is 1. The summed E-state index contributed by atoms with van der Waals surface area (Å²) in [6, 6.07) is 0. The molecule has 1 aliphatic rings. The summed E-state index contributed by atoms with van der Waals surface area (Å²) in [5, 5.41) is 3.04. The quantitative estimate of drug-likeness (QED) is 0.892. The molecule has 0 aromatic carbocycles. The molecule has 8 heteroatoms. The van der Waals surface area contributed by atoms with Crippen LogP contribution in [-0.2, 0) is 11.3 Å². The minimum absolute atomic E-state index is 0.0484. The molecule has 3 heterocycles. The van der Waals surface area contributed by atoms with Crippen LogP contribution >= 0.6 is 11.7 Å². The second-order valence-electron chi connectivity index (χ2n) is 5.60. The Hall–Kier alpha value is -1.96. The summed E-state index contributed by atoms with van der Waals surface area (Å²) in [7, 11) is 0. The highest BCUT2D eigenvalue weighted by Crippen LogP contribution is 2.21. The summed E-state index contributed by atoms with van der Waals surface area (Å²) in [5.41, 5.74) is 0. The van der Waals surface area contributed by atoms with Crippen LogP contribution in [0.5, 0.6) is 0 Å². The van der Waals surface area contributed by atoms with Gasteiger partial charge in [-0.05, 0) is 25.7 Å². The molecule has 0 unspecified atom stereocenters. The van der Waals surface area contributed by atoms with Gasteiger partial charge in [-0.1, -0.05) is 0 Å². The number of nitrogens with one attached hydrogen (secondary N) is 1. The molecule has 0 spiro atoms. The molecular formula is C14H20N6OS. The number of rotatable bonds is 5. The number of hydrogen-bond acceptors (Lipinski definition) is 6. The van der Waals surface area contributed by atoms with Crippen molar-refractivity contribution in [3.8, 4) is 0 Å². The van der Waals surface area contributed by atoms with Crippen LogP contribution in [0, 0.1) is 12.8 Å². The molecule has 118 valence electrons. The number of piperidine rings is 1. The Kier molecular flexibility index (Phi) is 4.67. The van der Waals surface area contributed by atoms with E-state index in [2.05, 4.69) is 23.9 Å². The van der Waals surface area contributed by atoms with Crippen molar-refractivity contribution in [3.05, 3.63) is 24.4 Å². The minimum atomic E-state index is 0.0484. The number of aryl methyl sites for hydroxylation is 1. The largest absolute Gasteiger partial charge is 0.354 e. The summed E-state index contributed by atoms with van der Waals surface area (Å²) < 4.78 is 10.2. The number of anilines is 1. The first kappa shape index (κ1) is 15.0. The van der Waals surface area contributed by atoms with Crippen molar-refractivity contribution < 1.29 is 4.79 Å². The van der Waals surface area contributed by atoms with E-state index in [0.717, 1.165) is 44.1 Å². The van der Waals surface area contributed by atoms with Crippen LogP contribution in [-0.4, -0.2) is 43.8 Å². The average Bonchev–Trinajstić information content (AvgIpc) is 3.18. The van der Waals surface area contributed by atoms with E-state index in [1.165, 1.54) is 11.7 Å². The van der Waals surface area contributed by atoms with Crippen molar-refractivity contribution in [1.82, 2.24) is 23.6 Å². The molecule has 22 heavy (non-hydrogen) atoms. The predicted octanol–water partition coefficient (Wildman–Crippen LogP) is 1.08. The Morgan fingerprint density at radius 2 is 2.27 bits per heavy atom. The van der Waals surface area contributed by atoms with Crippen LogP contribution in [0.2, 0.25) is 0 Å². The van der Waals surface area contributed by atoms with Crippen LogP contribution in [0.1, 0.15) is 18.7 Å². The van der Waals surface area contributed by atoms with Crippen molar-refractivity contribution in [1.29, 1.82) is 0 Å². The predicted molar refractivity (Wildman–Crippen MR) is 84.8 cm³/mol. The van der Waals surface area contributed by atoms with Gasteiger partial charge in [-0.25, -0.2) is 4.98 Å². The van der Waals surface area contributed by atoms with Crippen LogP contribution in [0.4, 0.5) is 5.82 Å². The van der Waals surface area contributed by atoms with Crippen molar-refractivity contribution in [2.24, 2.45) is 5.92 Å². The lowest BCUT2D eigenvalue weighted by Gasteiger charge is -2.31. The first-order valence-corrected chi connectivity index (χ1v) is 8.22. The van der Waals surface area contributed by atoms with E-state index in [0.29, 0.717) is 12.5 Å². The van der Waals surface area contributed by atoms with E-state index < -0.39 is 0 Å². The third kappa shape index (κ3) is 3.62. The molecule has 1 aliphatic heterocycles. The molecule has 2 aromatic rings. The molecule has 1 fully saturated rings. The van der Waals surface area contributed by atoms with Gasteiger partial charge < -0.3 is 14.8 Å². The molecule has 0 atom stereocenters. The van der Waals surface area contributed by atoms with Gasteiger partial charge in [0.15, 0.2) is 5.82 Å². The minimum Gasteiger partial charge on any atom is -0.354 e. The number of carbonyl (C=O) groups excluding carboxylic acids is 1. The maximum absolute atomic E-state index is 12.0. The third-order valence-electron chi connectivity index (χ3n) is 4.11. The maximum atomic E-state index is 12.0. The standard InChI is InChI=1S/C14H20N6OS/c1-11-15-4-7-20(11)10-14(21)16-8-12-2-5-19(6-3-12)13-9-17-22-18-13/h4,7,9,12H,2-3,5-6,8,10H2,1H3,(H,16,21). The molecular weight excluding hydrogens is 300 g/mol. The van der Waals surface area contributed by atoms with Gasteiger partial charge in [0.25, 0.3) is 0 Å². The summed E-state index contributed by atoms with van der Waals surface area (Å²) in [4.78, 5) is 18.3. The molecule has 1 saturated heterocycles. The number of hydrogen-bond donors (Lipinski definition) is 1. The van der Waals surface area contributed by atoms with Crippen LogP contribution < -0.4 is 10.2 Å². The van der Waals surface area contributed by atoms with Gasteiger partial charge in [0, 0.05) is 32.0 Å². The van der Waals surface area contributed by atoms with Crippen LogP contribution in [0.3, 0.4) is 0 Å². The van der Waals surface area contributed by atoms with Crippen molar-refractivity contribution in [2.75, 3.05) is 24.5 Å². The number of aromatic nitrogens is 4. The van der Waals surface area contributed by atoms with Crippen molar-refractivity contribution in [2.45, 2.75) is 26.3 Å². The first-order valence-electron chi connectivity index (χ1n) is 7.49. The third-order valence-corrected chi connectivity index (χ3v) is 4.58. The lowest BCUT2D eigenvalue weighted by atomic mass is 9.97. The molecule has 7 nitrogen and oxygen atoms in total. The van der Waals surface area contributed by atoms with Gasteiger partial charge in [-0.2, -0.15) is 8.75 Å². The van der Waals surface area contributed by atoms with Crippen LogP contribution in [0.15, 0.2) is 18.6 Å². The van der Waals surface area contributed by atoms with Crippen molar-refractivity contribution >= 4 is 23.5 Å². The number of carbonyl (C=O) groups is 1. The Morgan fingerprint density at radius 3 is 2.91 bits per heavy atom. The molecule has 0 aliphatic carbocycles. The molecule has 2 aromatic heterocycles. The molecule has 1 N–H and O–H groups in total. The zero-order chi connectivity index (χ0) is 15.4. The Bertz CT molecular complexity index is 603. The summed E-state index contributed by atoms with van der Waals surface area (Å²) in [6.07, 6.45) is 7.50. The van der Waals surface area contributed by atoms with Gasteiger partial charge in [-0.15, -0.1) is 0 Å². The van der Waals surface area contributed by atoms with E-state index in [9.17, 15) is 4.79 Å². The van der Waals surface area contributed by atoms with Gasteiger partial charge in [0.1, 0.15) is 12.4 Å². The zero-order valence-electron chi connectivity index (χ0n) is 12.6. The second-order valence-corrected chi connectivity index (χ2v) is 6.16. The fraction of sp³-hybridized carbons (Fsp3) is 0.571. The van der Waals surface area contributed by atoms with E-state index in [1.54, 1.807) is 6.20 Å². The first-order chi connectivity index (χ1) is 10.7. The highest BCUT2D eigenvalue weighted by molar-refractivity contribution is 6.99. The van der Waals surface area contributed by atoms with Crippen molar-refractivity contribution in [3.63, 3.8) is 0 Å².